The van der Waals surface area contributed by atoms with Crippen LogP contribution in [0.5, 0.6) is 0 Å². The smallest absolute Gasteiger partial charge is 0.114 e. The molecule has 0 spiro atoms. The van der Waals surface area contributed by atoms with Crippen molar-refractivity contribution in [3.8, 4) is 6.07 Å². The van der Waals surface area contributed by atoms with Crippen LogP contribution in [0.1, 0.15) is 5.56 Å². The van der Waals surface area contributed by atoms with E-state index in [2.05, 4.69) is 17.2 Å². The maximum atomic E-state index is 8.66. The molecule has 0 atom stereocenters. The minimum absolute atomic E-state index is 0.110. The van der Waals surface area contributed by atoms with Crippen LogP contribution in [-0.4, -0.2) is 9.97 Å². The largest absolute Gasteiger partial charge is 0.389 e. The van der Waals surface area contributed by atoms with Crippen molar-refractivity contribution >= 4 is 23.3 Å². The summed E-state index contributed by atoms with van der Waals surface area (Å²) < 4.78 is 0. The summed E-state index contributed by atoms with van der Waals surface area (Å²) in [4.78, 5) is 3.96. The fourth-order valence-corrected chi connectivity index (χ4v) is 0.889. The summed E-state index contributed by atoms with van der Waals surface area (Å²) in [7, 11) is 0. The van der Waals surface area contributed by atoms with Crippen LogP contribution >= 0.6 is 12.2 Å². The third-order valence-electron chi connectivity index (χ3n) is 1.40. The molecule has 4 heteroatoms. The number of nitriles is 1. The molecule has 0 radical (unpaired) electrons. The molecular formula is C9H7N3S. The summed E-state index contributed by atoms with van der Waals surface area (Å²) in [6, 6.07) is 5.47. The number of rotatable bonds is 2. The van der Waals surface area contributed by atoms with E-state index in [9.17, 15) is 0 Å². The first-order valence-electron chi connectivity index (χ1n) is 3.55. The minimum atomic E-state index is 0.110. The Balaban J connectivity index is 3.01. The van der Waals surface area contributed by atoms with Crippen LogP contribution in [0.15, 0.2) is 30.1 Å². The first-order valence-corrected chi connectivity index (χ1v) is 3.96. The normalized spacial score (nSPS) is 10.5. The van der Waals surface area contributed by atoms with E-state index in [0.717, 1.165) is 5.56 Å². The molecule has 0 saturated heterocycles. The van der Waals surface area contributed by atoms with Gasteiger partial charge >= 0.3 is 0 Å². The second kappa shape index (κ2) is 4.33. The molecule has 13 heavy (non-hydrogen) atoms. The molecular weight excluding hydrogens is 182 g/mol. The van der Waals surface area contributed by atoms with E-state index < -0.39 is 0 Å². The lowest BCUT2D eigenvalue weighted by Crippen LogP contribution is -2.09. The van der Waals surface area contributed by atoms with Gasteiger partial charge < -0.3 is 5.73 Å². The molecule has 1 rings (SSSR count). The molecule has 0 aliphatic rings. The second-order valence-corrected chi connectivity index (χ2v) is 2.75. The Morgan fingerprint density at radius 1 is 1.54 bits per heavy atom. The standard InChI is InChI=1S/C9H7N3S/c10-6-8(9(11)13)5-7-1-3-12-4-2-7/h1-5H,(H2,11,13). The van der Waals surface area contributed by atoms with Crippen molar-refractivity contribution in [3.63, 3.8) is 0 Å². The van der Waals surface area contributed by atoms with Gasteiger partial charge in [0, 0.05) is 12.4 Å². The first-order chi connectivity index (χ1) is 6.24. The number of hydrogen-bond donors (Lipinski definition) is 1. The molecule has 1 aromatic heterocycles. The number of aromatic nitrogens is 1. The second-order valence-electron chi connectivity index (χ2n) is 2.31. The van der Waals surface area contributed by atoms with Crippen molar-refractivity contribution in [2.24, 2.45) is 5.73 Å². The lowest BCUT2D eigenvalue weighted by Gasteiger charge is -1.94. The zero-order chi connectivity index (χ0) is 9.68. The maximum absolute atomic E-state index is 8.66. The number of nitrogens with zero attached hydrogens (tertiary/aromatic N) is 2. The van der Waals surface area contributed by atoms with Crippen molar-refractivity contribution in [1.29, 1.82) is 5.26 Å². The molecule has 0 aliphatic carbocycles. The van der Waals surface area contributed by atoms with E-state index in [0.29, 0.717) is 5.57 Å². The summed E-state index contributed by atoms with van der Waals surface area (Å²) >= 11 is 4.69. The molecule has 3 nitrogen and oxygen atoms in total. The van der Waals surface area contributed by atoms with E-state index in [1.165, 1.54) is 0 Å². The van der Waals surface area contributed by atoms with E-state index >= 15 is 0 Å². The fourth-order valence-electron chi connectivity index (χ4n) is 0.785. The summed E-state index contributed by atoms with van der Waals surface area (Å²) in [5, 5.41) is 8.66. The van der Waals surface area contributed by atoms with E-state index in [4.69, 9.17) is 11.0 Å². The zero-order valence-corrected chi connectivity index (χ0v) is 7.58. The van der Waals surface area contributed by atoms with Crippen molar-refractivity contribution in [3.05, 3.63) is 35.7 Å². The number of hydrogen-bond acceptors (Lipinski definition) is 3. The Hall–Kier alpha value is -1.73. The van der Waals surface area contributed by atoms with Crippen molar-refractivity contribution < 1.29 is 0 Å². The first kappa shape index (κ1) is 9.36. The predicted molar refractivity (Wildman–Crippen MR) is 54.6 cm³/mol. The molecule has 0 unspecified atom stereocenters. The summed E-state index contributed by atoms with van der Waals surface area (Å²) in [5.74, 6) is 0. The average Bonchev–Trinajstić information content (AvgIpc) is 2.15. The van der Waals surface area contributed by atoms with Gasteiger partial charge in [0.1, 0.15) is 11.1 Å². The highest BCUT2D eigenvalue weighted by Gasteiger charge is 1.98. The van der Waals surface area contributed by atoms with Crippen molar-refractivity contribution in [2.75, 3.05) is 0 Å². The molecule has 0 amide bonds. The SMILES string of the molecule is N#CC(=Cc1ccncc1)C(N)=S. The van der Waals surface area contributed by atoms with Gasteiger partial charge in [0.15, 0.2) is 0 Å². The molecule has 0 bridgehead atoms. The monoisotopic (exact) mass is 189 g/mol. The van der Waals surface area contributed by atoms with Crippen molar-refractivity contribution in [1.82, 2.24) is 4.98 Å². The topological polar surface area (TPSA) is 62.7 Å². The number of pyridine rings is 1. The number of thiocarbonyl (C=S) groups is 1. The van der Waals surface area contributed by atoms with E-state index in [1.54, 1.807) is 30.6 Å². The average molecular weight is 189 g/mol. The quantitative estimate of drug-likeness (QED) is 0.432. The van der Waals surface area contributed by atoms with Crippen LogP contribution in [0.3, 0.4) is 0 Å². The van der Waals surface area contributed by atoms with Crippen LogP contribution in [0.4, 0.5) is 0 Å². The van der Waals surface area contributed by atoms with Gasteiger partial charge in [-0.1, -0.05) is 12.2 Å². The van der Waals surface area contributed by atoms with E-state index in [-0.39, 0.29) is 4.99 Å². The molecule has 0 fully saturated rings. The summed E-state index contributed by atoms with van der Waals surface area (Å²) in [6.07, 6.45) is 4.91. The van der Waals surface area contributed by atoms with Crippen molar-refractivity contribution in [2.45, 2.75) is 0 Å². The Kier molecular flexibility index (Phi) is 3.12. The molecule has 1 aromatic rings. The lowest BCUT2D eigenvalue weighted by molar-refractivity contribution is 1.32. The van der Waals surface area contributed by atoms with Crippen LogP contribution in [0, 0.1) is 11.3 Å². The van der Waals surface area contributed by atoms with Gasteiger partial charge in [0.25, 0.3) is 0 Å². The molecule has 0 saturated carbocycles. The van der Waals surface area contributed by atoms with Crippen LogP contribution < -0.4 is 5.73 Å². The fraction of sp³-hybridized carbons (Fsp3) is 0. The maximum Gasteiger partial charge on any atom is 0.114 e. The van der Waals surface area contributed by atoms with Crippen LogP contribution in [0.25, 0.3) is 6.08 Å². The predicted octanol–water partition coefficient (Wildman–Crippen LogP) is 1.27. The highest BCUT2D eigenvalue weighted by atomic mass is 32.1. The Bertz CT molecular complexity index is 376. The summed E-state index contributed by atoms with van der Waals surface area (Å²) in [5.41, 5.74) is 6.49. The lowest BCUT2D eigenvalue weighted by atomic mass is 10.2. The summed E-state index contributed by atoms with van der Waals surface area (Å²) in [6.45, 7) is 0. The van der Waals surface area contributed by atoms with Gasteiger partial charge in [-0.3, -0.25) is 4.98 Å². The Morgan fingerprint density at radius 3 is 2.62 bits per heavy atom. The van der Waals surface area contributed by atoms with Gasteiger partial charge in [-0.2, -0.15) is 5.26 Å². The Morgan fingerprint density at radius 2 is 2.15 bits per heavy atom. The highest BCUT2D eigenvalue weighted by molar-refractivity contribution is 7.80. The molecule has 64 valence electrons. The van der Waals surface area contributed by atoms with Gasteiger partial charge in [0.05, 0.1) is 5.57 Å². The van der Waals surface area contributed by atoms with Gasteiger partial charge in [-0.15, -0.1) is 0 Å². The van der Waals surface area contributed by atoms with Crippen LogP contribution in [0.2, 0.25) is 0 Å². The van der Waals surface area contributed by atoms with Crippen LogP contribution in [-0.2, 0) is 0 Å². The Labute approximate surface area is 81.5 Å². The van der Waals surface area contributed by atoms with Gasteiger partial charge in [-0.05, 0) is 23.8 Å². The van der Waals surface area contributed by atoms with Gasteiger partial charge in [-0.25, -0.2) is 0 Å². The minimum Gasteiger partial charge on any atom is -0.389 e. The zero-order valence-electron chi connectivity index (χ0n) is 6.77. The third kappa shape index (κ3) is 2.65. The van der Waals surface area contributed by atoms with Gasteiger partial charge in [0.2, 0.25) is 0 Å². The molecule has 2 N–H and O–H groups in total. The third-order valence-corrected chi connectivity index (χ3v) is 1.62. The molecule has 0 aromatic carbocycles. The molecule has 1 heterocycles. The highest BCUT2D eigenvalue weighted by Crippen LogP contribution is 2.04. The van der Waals surface area contributed by atoms with E-state index in [1.807, 2.05) is 6.07 Å². The molecule has 0 aliphatic heterocycles. The number of nitrogens with two attached hydrogens (primary N) is 1.